The van der Waals surface area contributed by atoms with E-state index in [9.17, 15) is 4.39 Å². The molecule has 0 spiro atoms. The monoisotopic (exact) mass is 277 g/mol. The highest BCUT2D eigenvalue weighted by Gasteiger charge is 2.16. The van der Waals surface area contributed by atoms with E-state index in [-0.39, 0.29) is 11.9 Å². The first kappa shape index (κ1) is 13.1. The van der Waals surface area contributed by atoms with Gasteiger partial charge in [-0.1, -0.05) is 17.3 Å². The minimum absolute atomic E-state index is 0.224. The third-order valence-electron chi connectivity index (χ3n) is 3.25. The molecule has 20 heavy (non-hydrogen) atoms. The normalized spacial score (nSPS) is 18.4. The molecule has 6 heteroatoms. The van der Waals surface area contributed by atoms with Gasteiger partial charge in [0.25, 0.3) is 0 Å². The van der Waals surface area contributed by atoms with Crippen molar-refractivity contribution in [3.05, 3.63) is 41.5 Å². The van der Waals surface area contributed by atoms with E-state index >= 15 is 0 Å². The van der Waals surface area contributed by atoms with Gasteiger partial charge in [-0.15, -0.1) is 0 Å². The average molecular weight is 277 g/mol. The van der Waals surface area contributed by atoms with E-state index in [0.717, 1.165) is 25.0 Å². The topological polar surface area (TPSA) is 60.2 Å². The summed E-state index contributed by atoms with van der Waals surface area (Å²) in [6, 6.07) is 6.67. The van der Waals surface area contributed by atoms with E-state index in [2.05, 4.69) is 15.5 Å². The van der Waals surface area contributed by atoms with Crippen LogP contribution in [-0.4, -0.2) is 29.4 Å². The minimum atomic E-state index is -0.249. The number of rotatable bonds is 5. The Labute approximate surface area is 116 Å². The molecule has 1 atom stereocenters. The summed E-state index contributed by atoms with van der Waals surface area (Å²) >= 11 is 0. The molecular formula is C14H16FN3O2. The molecule has 3 rings (SSSR count). The van der Waals surface area contributed by atoms with E-state index < -0.39 is 0 Å². The molecule has 1 aromatic heterocycles. The Morgan fingerprint density at radius 3 is 2.90 bits per heavy atom. The first-order valence-corrected chi connectivity index (χ1v) is 6.72. The Bertz CT molecular complexity index is 550. The largest absolute Gasteiger partial charge is 0.376 e. The zero-order valence-electron chi connectivity index (χ0n) is 11.0. The number of ether oxygens (including phenoxy) is 1. The van der Waals surface area contributed by atoms with Gasteiger partial charge in [0.05, 0.1) is 6.10 Å². The van der Waals surface area contributed by atoms with Gasteiger partial charge >= 0.3 is 6.01 Å². The van der Waals surface area contributed by atoms with Crippen molar-refractivity contribution in [2.24, 2.45) is 0 Å². The van der Waals surface area contributed by atoms with Gasteiger partial charge in [0.1, 0.15) is 5.82 Å². The minimum Gasteiger partial charge on any atom is -0.376 e. The third-order valence-corrected chi connectivity index (χ3v) is 3.25. The van der Waals surface area contributed by atoms with E-state index in [4.69, 9.17) is 9.26 Å². The Kier molecular flexibility index (Phi) is 3.92. The molecule has 2 heterocycles. The lowest BCUT2D eigenvalue weighted by atomic mass is 10.1. The Morgan fingerprint density at radius 2 is 2.15 bits per heavy atom. The molecule has 0 unspecified atom stereocenters. The predicted molar refractivity (Wildman–Crippen MR) is 71.0 cm³/mol. The smallest absolute Gasteiger partial charge is 0.321 e. The highest BCUT2D eigenvalue weighted by Crippen LogP contribution is 2.14. The molecule has 1 N–H and O–H groups in total. The fourth-order valence-corrected chi connectivity index (χ4v) is 2.19. The van der Waals surface area contributed by atoms with E-state index in [1.54, 1.807) is 12.1 Å². The van der Waals surface area contributed by atoms with Crippen LogP contribution in [0, 0.1) is 5.82 Å². The van der Waals surface area contributed by atoms with Gasteiger partial charge in [-0.05, 0) is 30.5 Å². The maximum absolute atomic E-state index is 12.8. The van der Waals surface area contributed by atoms with Crippen molar-refractivity contribution in [2.45, 2.75) is 25.4 Å². The molecule has 1 fully saturated rings. The van der Waals surface area contributed by atoms with E-state index in [1.807, 2.05) is 0 Å². The van der Waals surface area contributed by atoms with Crippen molar-refractivity contribution in [3.8, 4) is 0 Å². The van der Waals surface area contributed by atoms with Crippen LogP contribution in [0.5, 0.6) is 0 Å². The zero-order chi connectivity index (χ0) is 13.8. The van der Waals surface area contributed by atoms with Gasteiger partial charge in [0.15, 0.2) is 5.82 Å². The maximum atomic E-state index is 12.8. The summed E-state index contributed by atoms with van der Waals surface area (Å²) in [6.07, 6.45) is 2.91. The Hall–Kier alpha value is -1.95. The number of nitrogens with one attached hydrogen (secondary N) is 1. The van der Waals surface area contributed by atoms with Gasteiger partial charge in [-0.25, -0.2) is 4.39 Å². The highest BCUT2D eigenvalue weighted by molar-refractivity contribution is 5.23. The molecule has 1 aliphatic rings. The van der Waals surface area contributed by atoms with Crippen LogP contribution in [0.25, 0.3) is 0 Å². The Balaban J connectivity index is 1.54. The summed E-state index contributed by atoms with van der Waals surface area (Å²) < 4.78 is 23.4. The number of anilines is 1. The SMILES string of the molecule is Fc1ccc(Cc2noc(NC[C@@H]3CCCO3)n2)cc1. The van der Waals surface area contributed by atoms with Crippen LogP contribution in [0.2, 0.25) is 0 Å². The van der Waals surface area contributed by atoms with Crippen molar-refractivity contribution in [2.75, 3.05) is 18.5 Å². The second-order valence-electron chi connectivity index (χ2n) is 4.83. The van der Waals surface area contributed by atoms with Gasteiger partial charge in [-0.2, -0.15) is 4.98 Å². The molecule has 0 bridgehead atoms. The summed E-state index contributed by atoms with van der Waals surface area (Å²) in [6.45, 7) is 1.50. The molecule has 0 amide bonds. The van der Waals surface area contributed by atoms with Gasteiger partial charge < -0.3 is 14.6 Å². The van der Waals surface area contributed by atoms with E-state index in [1.165, 1.54) is 12.1 Å². The number of hydrogen-bond donors (Lipinski definition) is 1. The van der Waals surface area contributed by atoms with Crippen molar-refractivity contribution in [3.63, 3.8) is 0 Å². The molecular weight excluding hydrogens is 261 g/mol. The predicted octanol–water partition coefficient (Wildman–Crippen LogP) is 2.39. The summed E-state index contributed by atoms with van der Waals surface area (Å²) in [4.78, 5) is 4.25. The quantitative estimate of drug-likeness (QED) is 0.909. The van der Waals surface area contributed by atoms with Crippen molar-refractivity contribution in [1.29, 1.82) is 0 Å². The molecule has 5 nitrogen and oxygen atoms in total. The maximum Gasteiger partial charge on any atom is 0.321 e. The van der Waals surface area contributed by atoms with Crippen molar-refractivity contribution >= 4 is 6.01 Å². The van der Waals surface area contributed by atoms with Gasteiger partial charge in [-0.3, -0.25) is 0 Å². The summed E-state index contributed by atoms with van der Waals surface area (Å²) in [7, 11) is 0. The molecule has 106 valence electrons. The number of aromatic nitrogens is 2. The first-order chi connectivity index (χ1) is 9.79. The lowest BCUT2D eigenvalue weighted by Crippen LogP contribution is -2.18. The van der Waals surface area contributed by atoms with Gasteiger partial charge in [0.2, 0.25) is 0 Å². The zero-order valence-corrected chi connectivity index (χ0v) is 11.0. The molecule has 1 aliphatic heterocycles. The fourth-order valence-electron chi connectivity index (χ4n) is 2.19. The number of benzene rings is 1. The van der Waals surface area contributed by atoms with Crippen LogP contribution in [0.1, 0.15) is 24.2 Å². The van der Waals surface area contributed by atoms with Crippen LogP contribution in [0.15, 0.2) is 28.8 Å². The lowest BCUT2D eigenvalue weighted by molar-refractivity contribution is 0.120. The Morgan fingerprint density at radius 1 is 1.30 bits per heavy atom. The average Bonchev–Trinajstić information content (AvgIpc) is 3.10. The summed E-state index contributed by atoms with van der Waals surface area (Å²) in [5, 5.41) is 6.97. The van der Waals surface area contributed by atoms with Gasteiger partial charge in [0, 0.05) is 19.6 Å². The molecule has 1 saturated heterocycles. The van der Waals surface area contributed by atoms with Crippen LogP contribution in [0.4, 0.5) is 10.4 Å². The lowest BCUT2D eigenvalue weighted by Gasteiger charge is -2.07. The number of nitrogens with zero attached hydrogens (tertiary/aromatic N) is 2. The molecule has 2 aromatic rings. The first-order valence-electron chi connectivity index (χ1n) is 6.72. The molecule has 0 radical (unpaired) electrons. The molecule has 1 aromatic carbocycles. The number of halogens is 1. The van der Waals surface area contributed by atoms with Crippen LogP contribution >= 0.6 is 0 Å². The van der Waals surface area contributed by atoms with Crippen LogP contribution in [-0.2, 0) is 11.2 Å². The third kappa shape index (κ3) is 3.33. The van der Waals surface area contributed by atoms with Crippen molar-refractivity contribution < 1.29 is 13.7 Å². The standard InChI is InChI=1S/C14H16FN3O2/c15-11-5-3-10(4-6-11)8-13-17-14(20-18-13)16-9-12-2-1-7-19-12/h3-6,12H,1-2,7-9H2,(H,16,17,18)/t12-/m0/s1. The summed E-state index contributed by atoms with van der Waals surface area (Å²) in [5.41, 5.74) is 0.942. The second kappa shape index (κ2) is 6.00. The molecule has 0 aliphatic carbocycles. The number of hydrogen-bond acceptors (Lipinski definition) is 5. The fraction of sp³-hybridized carbons (Fsp3) is 0.429. The summed E-state index contributed by atoms with van der Waals surface area (Å²) in [5.74, 6) is 0.326. The van der Waals surface area contributed by atoms with Crippen LogP contribution < -0.4 is 5.32 Å². The van der Waals surface area contributed by atoms with E-state index in [0.29, 0.717) is 24.8 Å². The molecule has 0 saturated carbocycles. The van der Waals surface area contributed by atoms with Crippen molar-refractivity contribution in [1.82, 2.24) is 10.1 Å². The second-order valence-corrected chi connectivity index (χ2v) is 4.83. The highest BCUT2D eigenvalue weighted by atomic mass is 19.1. The van der Waals surface area contributed by atoms with Crippen LogP contribution in [0.3, 0.4) is 0 Å².